The third-order valence-electron chi connectivity index (χ3n) is 3.88. The van der Waals surface area contributed by atoms with Crippen LogP contribution in [0.2, 0.25) is 0 Å². The van der Waals surface area contributed by atoms with Crippen LogP contribution in [0.4, 0.5) is 5.82 Å². The van der Waals surface area contributed by atoms with Gasteiger partial charge in [0.15, 0.2) is 0 Å². The molecule has 1 radical (unpaired) electrons. The molecule has 0 spiro atoms. The number of pyridine rings is 1. The van der Waals surface area contributed by atoms with Crippen molar-refractivity contribution in [2.75, 3.05) is 37.6 Å². The van der Waals surface area contributed by atoms with Gasteiger partial charge in [0.05, 0.1) is 6.17 Å². The van der Waals surface area contributed by atoms with E-state index < -0.39 is 0 Å². The molecule has 0 aromatic carbocycles. The molecule has 1 aromatic rings. The summed E-state index contributed by atoms with van der Waals surface area (Å²) in [5.41, 5.74) is 0. The Balaban J connectivity index is 1.64. The number of piperidine rings is 1. The van der Waals surface area contributed by atoms with E-state index in [9.17, 15) is 0 Å². The maximum atomic E-state index is 4.79. The quantitative estimate of drug-likeness (QED) is 0.788. The molecule has 4 nitrogen and oxygen atoms in total. The molecule has 2 aliphatic heterocycles. The zero-order chi connectivity index (χ0) is 12.2. The largest absolute Gasteiger partial charge is 0.352 e. The Kier molecular flexibility index (Phi) is 3.76. The lowest BCUT2D eigenvalue weighted by Crippen LogP contribution is -2.56. The number of rotatable bonds is 2. The first-order chi connectivity index (χ1) is 8.93. The standard InChI is InChI=1S/C14H21N4/c1-4-9-17(10-5-1)14-12-18(11-8-16-14)13-6-2-3-7-15-13/h2-3,6-7,14H,1,4-5,8-12H2. The van der Waals surface area contributed by atoms with E-state index in [4.69, 9.17) is 5.32 Å². The maximum Gasteiger partial charge on any atom is 0.128 e. The molecule has 0 amide bonds. The molecular formula is C14H21N4. The van der Waals surface area contributed by atoms with Crippen molar-refractivity contribution in [2.24, 2.45) is 0 Å². The Bertz CT molecular complexity index is 361. The molecule has 1 aromatic heterocycles. The van der Waals surface area contributed by atoms with Crippen LogP contribution < -0.4 is 10.2 Å². The smallest absolute Gasteiger partial charge is 0.128 e. The number of piperazine rings is 1. The first-order valence-electron chi connectivity index (χ1n) is 7.00. The molecule has 0 saturated carbocycles. The van der Waals surface area contributed by atoms with Crippen molar-refractivity contribution >= 4 is 5.82 Å². The summed E-state index contributed by atoms with van der Waals surface area (Å²) in [5.74, 6) is 1.09. The minimum atomic E-state index is 0.376. The molecule has 2 saturated heterocycles. The second-order valence-corrected chi connectivity index (χ2v) is 5.12. The van der Waals surface area contributed by atoms with Gasteiger partial charge in [-0.2, -0.15) is 0 Å². The van der Waals surface area contributed by atoms with Gasteiger partial charge < -0.3 is 4.90 Å². The van der Waals surface area contributed by atoms with Gasteiger partial charge in [-0.05, 0) is 38.1 Å². The van der Waals surface area contributed by atoms with Crippen LogP contribution in [-0.4, -0.2) is 48.8 Å². The Morgan fingerprint density at radius 2 is 1.94 bits per heavy atom. The minimum Gasteiger partial charge on any atom is -0.352 e. The highest BCUT2D eigenvalue weighted by Crippen LogP contribution is 2.17. The molecular weight excluding hydrogens is 224 g/mol. The lowest BCUT2D eigenvalue weighted by Gasteiger charge is -2.40. The van der Waals surface area contributed by atoms with Gasteiger partial charge in [0.25, 0.3) is 0 Å². The van der Waals surface area contributed by atoms with Gasteiger partial charge in [-0.25, -0.2) is 10.3 Å². The molecule has 0 aliphatic carbocycles. The minimum absolute atomic E-state index is 0.376. The monoisotopic (exact) mass is 245 g/mol. The third kappa shape index (κ3) is 2.65. The van der Waals surface area contributed by atoms with Crippen LogP contribution in [0.25, 0.3) is 0 Å². The van der Waals surface area contributed by atoms with Gasteiger partial charge in [-0.3, -0.25) is 4.90 Å². The topological polar surface area (TPSA) is 33.5 Å². The molecule has 2 fully saturated rings. The zero-order valence-corrected chi connectivity index (χ0v) is 10.8. The summed E-state index contributed by atoms with van der Waals surface area (Å²) in [6, 6.07) is 6.13. The normalized spacial score (nSPS) is 26.2. The number of nitrogens with zero attached hydrogens (tertiary/aromatic N) is 4. The van der Waals surface area contributed by atoms with E-state index in [1.165, 1.54) is 32.4 Å². The highest BCUT2D eigenvalue weighted by atomic mass is 15.4. The fourth-order valence-electron chi connectivity index (χ4n) is 2.87. The zero-order valence-electron chi connectivity index (χ0n) is 10.8. The van der Waals surface area contributed by atoms with E-state index in [2.05, 4.69) is 26.9 Å². The molecule has 97 valence electrons. The Labute approximate surface area is 109 Å². The van der Waals surface area contributed by atoms with Crippen molar-refractivity contribution in [3.05, 3.63) is 24.4 Å². The molecule has 0 N–H and O–H groups in total. The van der Waals surface area contributed by atoms with Gasteiger partial charge in [-0.15, -0.1) is 0 Å². The van der Waals surface area contributed by atoms with Gasteiger partial charge in [-0.1, -0.05) is 12.5 Å². The Hall–Kier alpha value is -1.13. The summed E-state index contributed by atoms with van der Waals surface area (Å²) in [4.78, 5) is 9.36. The lowest BCUT2D eigenvalue weighted by atomic mass is 10.1. The van der Waals surface area contributed by atoms with Gasteiger partial charge in [0, 0.05) is 25.8 Å². The second kappa shape index (κ2) is 5.67. The summed E-state index contributed by atoms with van der Waals surface area (Å²) in [7, 11) is 0. The molecule has 0 bridgehead atoms. The molecule has 2 aliphatic rings. The Morgan fingerprint density at radius 1 is 1.06 bits per heavy atom. The molecule has 1 unspecified atom stereocenters. The Morgan fingerprint density at radius 3 is 2.72 bits per heavy atom. The number of likely N-dealkylation sites (tertiary alicyclic amines) is 1. The fourth-order valence-corrected chi connectivity index (χ4v) is 2.87. The van der Waals surface area contributed by atoms with Crippen LogP contribution in [0.1, 0.15) is 19.3 Å². The molecule has 3 rings (SSSR count). The van der Waals surface area contributed by atoms with Gasteiger partial charge in [0.1, 0.15) is 5.82 Å². The molecule has 3 heterocycles. The first-order valence-corrected chi connectivity index (χ1v) is 7.00. The third-order valence-corrected chi connectivity index (χ3v) is 3.88. The van der Waals surface area contributed by atoms with Crippen LogP contribution >= 0.6 is 0 Å². The van der Waals surface area contributed by atoms with Crippen molar-refractivity contribution in [2.45, 2.75) is 25.4 Å². The highest BCUT2D eigenvalue weighted by molar-refractivity contribution is 5.38. The highest BCUT2D eigenvalue weighted by Gasteiger charge is 2.27. The van der Waals surface area contributed by atoms with Crippen molar-refractivity contribution in [3.8, 4) is 0 Å². The van der Waals surface area contributed by atoms with E-state index in [-0.39, 0.29) is 0 Å². The van der Waals surface area contributed by atoms with Crippen LogP contribution in [0.15, 0.2) is 24.4 Å². The molecule has 1 atom stereocenters. The average molecular weight is 245 g/mol. The van der Waals surface area contributed by atoms with Crippen molar-refractivity contribution in [1.82, 2.24) is 15.2 Å². The predicted octanol–water partition coefficient (Wildman–Crippen LogP) is 1.32. The summed E-state index contributed by atoms with van der Waals surface area (Å²) < 4.78 is 0. The SMILES string of the molecule is c1ccc(N2CC[N]C(N3CCCCC3)C2)nc1. The van der Waals surface area contributed by atoms with Crippen LogP contribution in [0, 0.1) is 0 Å². The first kappa shape index (κ1) is 11.9. The summed E-state index contributed by atoms with van der Waals surface area (Å²) in [5, 5.41) is 4.79. The average Bonchev–Trinajstić information content (AvgIpc) is 2.49. The van der Waals surface area contributed by atoms with E-state index in [1.54, 1.807) is 0 Å². The number of anilines is 1. The van der Waals surface area contributed by atoms with E-state index in [0.717, 1.165) is 25.5 Å². The summed E-state index contributed by atoms with van der Waals surface area (Å²) in [6.07, 6.45) is 6.29. The number of hydrogen-bond acceptors (Lipinski definition) is 3. The summed E-state index contributed by atoms with van der Waals surface area (Å²) >= 11 is 0. The van der Waals surface area contributed by atoms with Crippen LogP contribution in [0.5, 0.6) is 0 Å². The van der Waals surface area contributed by atoms with E-state index in [1.807, 2.05) is 12.3 Å². The fraction of sp³-hybridized carbons (Fsp3) is 0.643. The molecule has 18 heavy (non-hydrogen) atoms. The number of aromatic nitrogens is 1. The van der Waals surface area contributed by atoms with Crippen LogP contribution in [0.3, 0.4) is 0 Å². The van der Waals surface area contributed by atoms with Crippen molar-refractivity contribution in [3.63, 3.8) is 0 Å². The summed E-state index contributed by atoms with van der Waals surface area (Å²) in [6.45, 7) is 5.35. The predicted molar refractivity (Wildman–Crippen MR) is 72.7 cm³/mol. The second-order valence-electron chi connectivity index (χ2n) is 5.12. The lowest BCUT2D eigenvalue weighted by molar-refractivity contribution is 0.128. The van der Waals surface area contributed by atoms with E-state index >= 15 is 0 Å². The van der Waals surface area contributed by atoms with Gasteiger partial charge >= 0.3 is 0 Å². The van der Waals surface area contributed by atoms with Crippen LogP contribution in [-0.2, 0) is 0 Å². The molecule has 4 heteroatoms. The maximum absolute atomic E-state index is 4.79. The van der Waals surface area contributed by atoms with Gasteiger partial charge in [0.2, 0.25) is 0 Å². The number of hydrogen-bond donors (Lipinski definition) is 0. The van der Waals surface area contributed by atoms with Crippen molar-refractivity contribution < 1.29 is 0 Å². The van der Waals surface area contributed by atoms with Crippen molar-refractivity contribution in [1.29, 1.82) is 0 Å². The van der Waals surface area contributed by atoms with E-state index in [0.29, 0.717) is 6.17 Å².